The van der Waals surface area contributed by atoms with Gasteiger partial charge in [-0.25, -0.2) is 0 Å². The van der Waals surface area contributed by atoms with Crippen molar-refractivity contribution in [1.82, 2.24) is 19.8 Å². The number of thiocarbonyl (C=S) groups is 1. The minimum Gasteiger partial charge on any atom is -0.495 e. The van der Waals surface area contributed by atoms with E-state index in [1.807, 2.05) is 36.5 Å². The smallest absolute Gasteiger partial charge is 0.170 e. The number of hydrogen-bond donors (Lipinski definition) is 1. The molecule has 1 saturated carbocycles. The van der Waals surface area contributed by atoms with Crippen molar-refractivity contribution in [1.29, 1.82) is 0 Å². The second-order valence-electron chi connectivity index (χ2n) is 8.30. The van der Waals surface area contributed by atoms with Crippen LogP contribution >= 0.6 is 12.2 Å². The average molecular weight is 433 g/mol. The molecule has 0 amide bonds. The molecule has 3 aromatic rings. The molecule has 1 saturated heterocycles. The molecule has 2 aromatic heterocycles. The third-order valence-corrected chi connectivity index (χ3v) is 6.86. The van der Waals surface area contributed by atoms with Crippen LogP contribution in [0.5, 0.6) is 5.75 Å². The predicted molar refractivity (Wildman–Crippen MR) is 126 cm³/mol. The SMILES string of the molecule is COc1ccccc1-n1cccc1[C@@H]1[C@@H](c2ccccn2)NC(=S)N1C1CCCCC1. The molecule has 1 aliphatic carbocycles. The third kappa shape index (κ3) is 3.69. The molecule has 5 rings (SSSR count). The summed E-state index contributed by atoms with van der Waals surface area (Å²) in [6.07, 6.45) is 10.2. The van der Waals surface area contributed by atoms with Gasteiger partial charge >= 0.3 is 0 Å². The van der Waals surface area contributed by atoms with Gasteiger partial charge in [-0.3, -0.25) is 4.98 Å². The Bertz CT molecular complexity index is 1040. The van der Waals surface area contributed by atoms with Crippen LogP contribution in [-0.2, 0) is 0 Å². The first kappa shape index (κ1) is 20.1. The van der Waals surface area contributed by atoms with Crippen molar-refractivity contribution in [3.63, 3.8) is 0 Å². The van der Waals surface area contributed by atoms with Gasteiger partial charge in [-0.2, -0.15) is 0 Å². The Hall–Kier alpha value is -2.86. The molecule has 2 fully saturated rings. The number of methoxy groups -OCH3 is 1. The number of ether oxygens (including phenoxy) is 1. The van der Waals surface area contributed by atoms with E-state index in [0.717, 1.165) is 22.2 Å². The summed E-state index contributed by atoms with van der Waals surface area (Å²) in [4.78, 5) is 7.14. The van der Waals surface area contributed by atoms with E-state index in [0.29, 0.717) is 6.04 Å². The van der Waals surface area contributed by atoms with Gasteiger partial charge in [0.1, 0.15) is 5.75 Å². The molecule has 2 atom stereocenters. The van der Waals surface area contributed by atoms with Gasteiger partial charge in [-0.05, 0) is 61.5 Å². The maximum Gasteiger partial charge on any atom is 0.170 e. The van der Waals surface area contributed by atoms with Gasteiger partial charge in [0.15, 0.2) is 5.11 Å². The first-order chi connectivity index (χ1) is 15.3. The van der Waals surface area contributed by atoms with Gasteiger partial charge in [0.2, 0.25) is 0 Å². The summed E-state index contributed by atoms with van der Waals surface area (Å²) >= 11 is 5.91. The maximum atomic E-state index is 5.91. The Kier molecular flexibility index (Phi) is 5.64. The van der Waals surface area contributed by atoms with E-state index in [1.54, 1.807) is 7.11 Å². The van der Waals surface area contributed by atoms with Crippen molar-refractivity contribution in [2.24, 2.45) is 0 Å². The average Bonchev–Trinajstić information content (AvgIpc) is 3.44. The summed E-state index contributed by atoms with van der Waals surface area (Å²) in [5.41, 5.74) is 3.24. The minimum atomic E-state index is -0.000941. The van der Waals surface area contributed by atoms with Gasteiger partial charge in [0, 0.05) is 24.1 Å². The van der Waals surface area contributed by atoms with Gasteiger partial charge in [0.05, 0.1) is 30.6 Å². The fraction of sp³-hybridized carbons (Fsp3) is 0.360. The third-order valence-electron chi connectivity index (χ3n) is 6.53. The molecule has 2 aliphatic rings. The summed E-state index contributed by atoms with van der Waals surface area (Å²) in [5.74, 6) is 0.854. The van der Waals surface area contributed by atoms with E-state index in [-0.39, 0.29) is 12.1 Å². The zero-order valence-electron chi connectivity index (χ0n) is 17.8. The molecular weight excluding hydrogens is 404 g/mol. The standard InChI is InChI=1S/C25H28N4OS/c1-30-22-15-6-5-13-20(22)28-17-9-14-21(28)24-23(19-12-7-8-16-26-19)27-25(31)29(24)18-10-3-2-4-11-18/h5-9,12-18,23-24H,2-4,10-11H2,1H3,(H,27,31)/t23-,24-/m1/s1. The van der Waals surface area contributed by atoms with E-state index < -0.39 is 0 Å². The van der Waals surface area contributed by atoms with Crippen LogP contribution < -0.4 is 10.1 Å². The zero-order chi connectivity index (χ0) is 21.2. The van der Waals surface area contributed by atoms with Crippen LogP contribution in [0.2, 0.25) is 0 Å². The van der Waals surface area contributed by atoms with Gasteiger partial charge < -0.3 is 19.5 Å². The molecule has 1 aliphatic heterocycles. The van der Waals surface area contributed by atoms with Crippen molar-refractivity contribution >= 4 is 17.3 Å². The highest BCUT2D eigenvalue weighted by Crippen LogP contribution is 2.43. The van der Waals surface area contributed by atoms with Crippen LogP contribution in [-0.4, -0.2) is 32.7 Å². The largest absolute Gasteiger partial charge is 0.495 e. The number of nitrogens with one attached hydrogen (secondary N) is 1. The molecule has 1 aromatic carbocycles. The Morgan fingerprint density at radius 1 is 1.00 bits per heavy atom. The lowest BCUT2D eigenvalue weighted by Gasteiger charge is -2.37. The van der Waals surface area contributed by atoms with E-state index in [4.69, 9.17) is 17.0 Å². The zero-order valence-corrected chi connectivity index (χ0v) is 18.6. The molecule has 31 heavy (non-hydrogen) atoms. The highest BCUT2D eigenvalue weighted by atomic mass is 32.1. The minimum absolute atomic E-state index is 0.000941. The lowest BCUT2D eigenvalue weighted by molar-refractivity contribution is 0.193. The number of para-hydroxylation sites is 2. The number of benzene rings is 1. The van der Waals surface area contributed by atoms with Crippen LogP contribution in [0.15, 0.2) is 67.0 Å². The van der Waals surface area contributed by atoms with Gasteiger partial charge in [0.25, 0.3) is 0 Å². The summed E-state index contributed by atoms with van der Waals surface area (Å²) in [7, 11) is 1.72. The second kappa shape index (κ2) is 8.71. The highest BCUT2D eigenvalue weighted by Gasteiger charge is 2.44. The Morgan fingerprint density at radius 3 is 2.58 bits per heavy atom. The summed E-state index contributed by atoms with van der Waals surface area (Å²) in [6, 6.07) is 19.1. The first-order valence-electron chi connectivity index (χ1n) is 11.1. The number of rotatable bonds is 5. The maximum absolute atomic E-state index is 5.91. The summed E-state index contributed by atoms with van der Waals surface area (Å²) in [6.45, 7) is 0. The van der Waals surface area contributed by atoms with Crippen LogP contribution in [0, 0.1) is 0 Å². The number of nitrogens with zero attached hydrogens (tertiary/aromatic N) is 3. The van der Waals surface area contributed by atoms with Crippen molar-refractivity contribution < 1.29 is 4.74 Å². The van der Waals surface area contributed by atoms with Crippen molar-refractivity contribution in [3.05, 3.63) is 78.4 Å². The fourth-order valence-electron chi connectivity index (χ4n) is 5.12. The fourth-order valence-corrected chi connectivity index (χ4v) is 5.51. The van der Waals surface area contributed by atoms with E-state index >= 15 is 0 Å². The summed E-state index contributed by atoms with van der Waals surface area (Å²) < 4.78 is 7.92. The van der Waals surface area contributed by atoms with Gasteiger partial charge in [-0.1, -0.05) is 37.5 Å². The molecule has 0 spiro atoms. The lowest BCUT2D eigenvalue weighted by Crippen LogP contribution is -2.40. The van der Waals surface area contributed by atoms with Crippen LogP contribution in [0.4, 0.5) is 0 Å². The van der Waals surface area contributed by atoms with E-state index in [9.17, 15) is 0 Å². The Morgan fingerprint density at radius 2 is 1.81 bits per heavy atom. The van der Waals surface area contributed by atoms with Crippen LogP contribution in [0.3, 0.4) is 0 Å². The first-order valence-corrected chi connectivity index (χ1v) is 11.5. The molecule has 0 bridgehead atoms. The highest BCUT2D eigenvalue weighted by molar-refractivity contribution is 7.80. The molecule has 1 N–H and O–H groups in total. The van der Waals surface area contributed by atoms with Crippen molar-refractivity contribution in [3.8, 4) is 11.4 Å². The molecule has 3 heterocycles. The van der Waals surface area contributed by atoms with Crippen LogP contribution in [0.1, 0.15) is 55.6 Å². The van der Waals surface area contributed by atoms with Crippen LogP contribution in [0.25, 0.3) is 5.69 Å². The van der Waals surface area contributed by atoms with Crippen molar-refractivity contribution in [2.45, 2.75) is 50.2 Å². The number of aromatic nitrogens is 2. The Balaban J connectivity index is 1.62. The molecular formula is C25H28N4OS. The monoisotopic (exact) mass is 432 g/mol. The molecule has 0 unspecified atom stereocenters. The molecule has 0 radical (unpaired) electrons. The summed E-state index contributed by atoms with van der Waals surface area (Å²) in [5, 5.41) is 4.45. The lowest BCUT2D eigenvalue weighted by atomic mass is 9.92. The molecule has 5 nitrogen and oxygen atoms in total. The second-order valence-corrected chi connectivity index (χ2v) is 8.69. The van der Waals surface area contributed by atoms with Gasteiger partial charge in [-0.15, -0.1) is 0 Å². The normalized spacial score (nSPS) is 21.8. The predicted octanol–water partition coefficient (Wildman–Crippen LogP) is 5.19. The molecule has 160 valence electrons. The Labute approximate surface area is 189 Å². The topological polar surface area (TPSA) is 42.3 Å². The number of hydrogen-bond acceptors (Lipinski definition) is 3. The van der Waals surface area contributed by atoms with E-state index in [2.05, 4.69) is 50.2 Å². The van der Waals surface area contributed by atoms with Crippen molar-refractivity contribution in [2.75, 3.05) is 7.11 Å². The number of pyridine rings is 1. The van der Waals surface area contributed by atoms with E-state index in [1.165, 1.54) is 37.8 Å². The quantitative estimate of drug-likeness (QED) is 0.562. The molecule has 6 heteroatoms.